The largest absolute Gasteiger partial charge is 0.481 e. The van der Waals surface area contributed by atoms with Gasteiger partial charge in [0.15, 0.2) is 0 Å². The fourth-order valence-electron chi connectivity index (χ4n) is 5.30. The summed E-state index contributed by atoms with van der Waals surface area (Å²) in [6, 6.07) is 7.98. The van der Waals surface area contributed by atoms with Crippen molar-refractivity contribution in [3.05, 3.63) is 42.0 Å². The van der Waals surface area contributed by atoms with E-state index in [0.717, 1.165) is 18.5 Å². The van der Waals surface area contributed by atoms with E-state index in [2.05, 4.69) is 18.2 Å². The van der Waals surface area contributed by atoms with Gasteiger partial charge in [-0.15, -0.1) is 0 Å². The lowest BCUT2D eigenvalue weighted by atomic mass is 9.62. The molecule has 0 saturated heterocycles. The van der Waals surface area contributed by atoms with E-state index < -0.39 is 17.8 Å². The summed E-state index contributed by atoms with van der Waals surface area (Å²) in [5.74, 6) is -0.520. The van der Waals surface area contributed by atoms with E-state index in [4.69, 9.17) is 0 Å². The van der Waals surface area contributed by atoms with Crippen LogP contribution in [0, 0.1) is 35.5 Å². The molecular formula is C19H19NO3. The van der Waals surface area contributed by atoms with Crippen molar-refractivity contribution in [1.82, 2.24) is 0 Å². The van der Waals surface area contributed by atoms with Crippen molar-refractivity contribution in [2.75, 3.05) is 11.4 Å². The molecule has 1 N–H and O–H groups in total. The molecule has 2 fully saturated rings. The Balaban J connectivity index is 1.52. The quantitative estimate of drug-likeness (QED) is 0.853. The first-order chi connectivity index (χ1) is 11.2. The van der Waals surface area contributed by atoms with Gasteiger partial charge < -0.3 is 10.0 Å². The molecule has 0 aromatic heterocycles. The van der Waals surface area contributed by atoms with E-state index in [-0.39, 0.29) is 17.7 Å². The summed E-state index contributed by atoms with van der Waals surface area (Å²) in [7, 11) is 0. The van der Waals surface area contributed by atoms with Gasteiger partial charge in [-0.25, -0.2) is 0 Å². The monoisotopic (exact) mass is 309 g/mol. The Morgan fingerprint density at radius 2 is 1.74 bits per heavy atom. The number of nitrogens with zero attached hydrogens (tertiary/aromatic N) is 1. The van der Waals surface area contributed by atoms with Gasteiger partial charge in [-0.05, 0) is 48.1 Å². The fraction of sp³-hybridized carbons (Fsp3) is 0.474. The summed E-state index contributed by atoms with van der Waals surface area (Å²) in [6.45, 7) is 0.677. The molecule has 4 nitrogen and oxygen atoms in total. The van der Waals surface area contributed by atoms with Gasteiger partial charge in [0.2, 0.25) is 5.91 Å². The maximum Gasteiger partial charge on any atom is 0.307 e. The second-order valence-electron chi connectivity index (χ2n) is 7.36. The molecule has 5 aliphatic rings. The van der Waals surface area contributed by atoms with E-state index >= 15 is 0 Å². The number of rotatable bonds is 2. The summed E-state index contributed by atoms with van der Waals surface area (Å²) >= 11 is 0. The Labute approximate surface area is 134 Å². The molecule has 0 unspecified atom stereocenters. The average Bonchev–Trinajstić information content (AvgIpc) is 3.28. The van der Waals surface area contributed by atoms with Crippen LogP contribution in [0.5, 0.6) is 0 Å². The Morgan fingerprint density at radius 3 is 2.48 bits per heavy atom. The third-order valence-electron chi connectivity index (χ3n) is 6.38. The van der Waals surface area contributed by atoms with Gasteiger partial charge in [0.25, 0.3) is 0 Å². The Bertz CT molecular complexity index is 740. The van der Waals surface area contributed by atoms with Crippen molar-refractivity contribution in [2.45, 2.75) is 12.8 Å². The SMILES string of the molecule is O=C(O)[C@@H]1[C@H]2C=C[C@@H]([C@@H]3C[C@H]23)[C@H]1C(=O)N1CCc2ccccc21. The number of para-hydroxylation sites is 1. The average molecular weight is 309 g/mol. The van der Waals surface area contributed by atoms with E-state index in [1.807, 2.05) is 23.1 Å². The van der Waals surface area contributed by atoms with E-state index in [1.54, 1.807) is 0 Å². The number of aliphatic carboxylic acids is 1. The molecule has 6 rings (SSSR count). The molecule has 118 valence electrons. The first-order valence-corrected chi connectivity index (χ1v) is 8.47. The number of carboxylic acid groups (broad SMARTS) is 1. The number of fused-ring (bicyclic) bond motifs is 2. The molecule has 2 saturated carbocycles. The van der Waals surface area contributed by atoms with Gasteiger partial charge in [0.05, 0.1) is 11.8 Å². The van der Waals surface area contributed by atoms with Gasteiger partial charge in [-0.3, -0.25) is 9.59 Å². The molecule has 0 radical (unpaired) electrons. The smallest absolute Gasteiger partial charge is 0.307 e. The zero-order valence-electron chi connectivity index (χ0n) is 12.8. The van der Waals surface area contributed by atoms with Crippen molar-refractivity contribution >= 4 is 17.6 Å². The van der Waals surface area contributed by atoms with Crippen LogP contribution in [0.15, 0.2) is 36.4 Å². The number of allylic oxidation sites excluding steroid dienone is 2. The second kappa shape index (κ2) is 4.47. The zero-order chi connectivity index (χ0) is 15.7. The Hall–Kier alpha value is -2.10. The summed E-state index contributed by atoms with van der Waals surface area (Å²) in [4.78, 5) is 27.0. The van der Waals surface area contributed by atoms with Crippen molar-refractivity contribution in [2.24, 2.45) is 35.5 Å². The Morgan fingerprint density at radius 1 is 1.04 bits per heavy atom. The summed E-state index contributed by atoms with van der Waals surface area (Å²) < 4.78 is 0. The van der Waals surface area contributed by atoms with E-state index in [1.165, 1.54) is 5.56 Å². The van der Waals surface area contributed by atoms with Crippen molar-refractivity contribution in [3.63, 3.8) is 0 Å². The first-order valence-electron chi connectivity index (χ1n) is 8.47. The molecule has 6 atom stereocenters. The molecule has 0 spiro atoms. The molecule has 1 aliphatic heterocycles. The molecule has 4 aliphatic carbocycles. The minimum Gasteiger partial charge on any atom is -0.481 e. The highest BCUT2D eigenvalue weighted by molar-refractivity contribution is 5.99. The van der Waals surface area contributed by atoms with Crippen LogP contribution in [-0.4, -0.2) is 23.5 Å². The first kappa shape index (κ1) is 13.3. The van der Waals surface area contributed by atoms with Crippen LogP contribution in [0.3, 0.4) is 0 Å². The lowest BCUT2D eigenvalue weighted by Crippen LogP contribution is -2.51. The van der Waals surface area contributed by atoms with Crippen LogP contribution in [0.25, 0.3) is 0 Å². The van der Waals surface area contributed by atoms with Crippen LogP contribution in [0.1, 0.15) is 12.0 Å². The van der Waals surface area contributed by atoms with Crippen LogP contribution >= 0.6 is 0 Å². The zero-order valence-corrected chi connectivity index (χ0v) is 12.8. The van der Waals surface area contributed by atoms with Crippen LogP contribution < -0.4 is 4.90 Å². The highest BCUT2D eigenvalue weighted by Gasteiger charge is 2.63. The van der Waals surface area contributed by atoms with Crippen LogP contribution in [-0.2, 0) is 16.0 Å². The van der Waals surface area contributed by atoms with E-state index in [9.17, 15) is 14.7 Å². The molecule has 1 heterocycles. The standard InChI is InChI=1S/C19H19NO3/c21-18(20-8-7-10-3-1-2-4-15(10)20)16-11-5-6-12(14-9-13(11)14)17(16)19(22)23/h1-6,11-14,16-17H,7-9H2,(H,22,23)/t11-,12-,13-,14+,16+,17+/m0/s1. The van der Waals surface area contributed by atoms with Crippen molar-refractivity contribution in [3.8, 4) is 0 Å². The van der Waals surface area contributed by atoms with Gasteiger partial charge in [0, 0.05) is 12.2 Å². The summed E-state index contributed by atoms with van der Waals surface area (Å²) in [6.07, 6.45) is 6.15. The fourth-order valence-corrected chi connectivity index (χ4v) is 5.30. The third kappa shape index (κ3) is 1.72. The molecule has 1 aromatic rings. The summed E-state index contributed by atoms with van der Waals surface area (Å²) in [5.41, 5.74) is 2.16. The minimum atomic E-state index is -0.805. The maximum atomic E-state index is 13.3. The molecule has 1 amide bonds. The minimum absolute atomic E-state index is 0.0204. The van der Waals surface area contributed by atoms with Gasteiger partial charge in [0.1, 0.15) is 0 Å². The number of hydrogen-bond acceptors (Lipinski definition) is 2. The van der Waals surface area contributed by atoms with Crippen molar-refractivity contribution in [1.29, 1.82) is 0 Å². The normalized spacial score (nSPS) is 39.0. The number of anilines is 1. The molecule has 4 heteroatoms. The third-order valence-corrected chi connectivity index (χ3v) is 6.38. The van der Waals surface area contributed by atoms with Crippen LogP contribution in [0.4, 0.5) is 5.69 Å². The highest BCUT2D eigenvalue weighted by Crippen LogP contribution is 2.64. The van der Waals surface area contributed by atoms with Gasteiger partial charge >= 0.3 is 5.97 Å². The second-order valence-corrected chi connectivity index (χ2v) is 7.36. The predicted molar refractivity (Wildman–Crippen MR) is 84.8 cm³/mol. The number of carbonyl (C=O) groups excluding carboxylic acids is 1. The van der Waals surface area contributed by atoms with Gasteiger partial charge in [-0.1, -0.05) is 30.4 Å². The topological polar surface area (TPSA) is 57.6 Å². The van der Waals surface area contributed by atoms with E-state index in [0.29, 0.717) is 18.4 Å². The number of carbonyl (C=O) groups is 2. The molecule has 1 aromatic carbocycles. The lowest BCUT2D eigenvalue weighted by Gasteiger charge is -2.43. The van der Waals surface area contributed by atoms with Crippen LogP contribution in [0.2, 0.25) is 0 Å². The number of carboxylic acids is 1. The molecule has 2 bridgehead atoms. The number of benzene rings is 1. The number of amides is 1. The summed E-state index contributed by atoms with van der Waals surface area (Å²) in [5, 5.41) is 9.75. The van der Waals surface area contributed by atoms with Gasteiger partial charge in [-0.2, -0.15) is 0 Å². The number of hydrogen-bond donors (Lipinski definition) is 1. The predicted octanol–water partition coefficient (Wildman–Crippen LogP) is 2.34. The molecular weight excluding hydrogens is 290 g/mol. The Kier molecular flexibility index (Phi) is 2.59. The maximum absolute atomic E-state index is 13.3. The van der Waals surface area contributed by atoms with Crippen molar-refractivity contribution < 1.29 is 14.7 Å². The highest BCUT2D eigenvalue weighted by atomic mass is 16.4. The lowest BCUT2D eigenvalue weighted by molar-refractivity contribution is -0.152. The molecule has 23 heavy (non-hydrogen) atoms.